The van der Waals surface area contributed by atoms with Gasteiger partial charge in [-0.15, -0.1) is 0 Å². The molecule has 0 unspecified atom stereocenters. The molecule has 0 bridgehead atoms. The summed E-state index contributed by atoms with van der Waals surface area (Å²) < 4.78 is 11.3. The lowest BCUT2D eigenvalue weighted by molar-refractivity contribution is -0.125. The van der Waals surface area contributed by atoms with Crippen LogP contribution in [-0.4, -0.2) is 49.3 Å². The van der Waals surface area contributed by atoms with E-state index in [1.807, 2.05) is 18.2 Å². The zero-order valence-electron chi connectivity index (χ0n) is 12.7. The molecular weight excluding hydrogens is 280 g/mol. The van der Waals surface area contributed by atoms with Gasteiger partial charge in [0.15, 0.2) is 0 Å². The summed E-state index contributed by atoms with van der Waals surface area (Å²) in [5.74, 6) is 1.60. The predicted octanol–water partition coefficient (Wildman–Crippen LogP) is 1.17. The molecule has 22 heavy (non-hydrogen) atoms. The van der Waals surface area contributed by atoms with Crippen molar-refractivity contribution in [1.82, 2.24) is 10.2 Å². The molecule has 1 saturated carbocycles. The van der Waals surface area contributed by atoms with Crippen molar-refractivity contribution in [3.05, 3.63) is 29.8 Å². The molecule has 3 aliphatic rings. The van der Waals surface area contributed by atoms with E-state index >= 15 is 0 Å². The molecule has 5 heteroatoms. The average molecular weight is 302 g/mol. The summed E-state index contributed by atoms with van der Waals surface area (Å²) >= 11 is 0. The predicted molar refractivity (Wildman–Crippen MR) is 81.6 cm³/mol. The quantitative estimate of drug-likeness (QED) is 0.911. The van der Waals surface area contributed by atoms with Crippen molar-refractivity contribution in [3.63, 3.8) is 0 Å². The second-order valence-electron chi connectivity index (χ2n) is 6.44. The van der Waals surface area contributed by atoms with Gasteiger partial charge in [0.2, 0.25) is 5.91 Å². The van der Waals surface area contributed by atoms with E-state index in [2.05, 4.69) is 16.3 Å². The van der Waals surface area contributed by atoms with Crippen LogP contribution in [0, 0.1) is 5.92 Å². The number of carbonyl (C=O) groups excluding carboxylic acids is 1. The van der Waals surface area contributed by atoms with E-state index in [0.29, 0.717) is 31.2 Å². The second kappa shape index (κ2) is 5.89. The smallest absolute Gasteiger partial charge is 0.234 e. The minimum Gasteiger partial charge on any atom is -0.492 e. The third-order valence-electron chi connectivity index (χ3n) is 5.01. The number of ether oxygens (including phenoxy) is 2. The Bertz CT molecular complexity index is 563. The largest absolute Gasteiger partial charge is 0.492 e. The fraction of sp³-hybridized carbons (Fsp3) is 0.588. The van der Waals surface area contributed by atoms with Gasteiger partial charge >= 0.3 is 0 Å². The van der Waals surface area contributed by atoms with Crippen molar-refractivity contribution in [2.24, 2.45) is 5.92 Å². The van der Waals surface area contributed by atoms with Gasteiger partial charge in [-0.05, 0) is 18.9 Å². The van der Waals surface area contributed by atoms with Gasteiger partial charge in [0.1, 0.15) is 12.4 Å². The molecule has 0 spiro atoms. The van der Waals surface area contributed by atoms with Gasteiger partial charge in [-0.2, -0.15) is 0 Å². The van der Waals surface area contributed by atoms with Crippen LogP contribution in [0.1, 0.15) is 18.4 Å². The Kier molecular flexibility index (Phi) is 3.76. The molecule has 1 saturated heterocycles. The highest BCUT2D eigenvalue weighted by atomic mass is 16.5. The summed E-state index contributed by atoms with van der Waals surface area (Å²) in [5.41, 5.74) is 1.15. The number of amides is 1. The number of nitrogens with one attached hydrogen (secondary N) is 1. The maximum atomic E-state index is 12.3. The molecule has 2 fully saturated rings. The average Bonchev–Trinajstić information content (AvgIpc) is 2.75. The maximum Gasteiger partial charge on any atom is 0.234 e. The Morgan fingerprint density at radius 2 is 2.23 bits per heavy atom. The van der Waals surface area contributed by atoms with Crippen LogP contribution >= 0.6 is 0 Å². The maximum absolute atomic E-state index is 12.3. The Morgan fingerprint density at radius 1 is 1.32 bits per heavy atom. The summed E-state index contributed by atoms with van der Waals surface area (Å²) in [7, 11) is 0. The van der Waals surface area contributed by atoms with Crippen molar-refractivity contribution in [2.45, 2.75) is 31.5 Å². The zero-order chi connectivity index (χ0) is 14.9. The van der Waals surface area contributed by atoms with E-state index in [0.717, 1.165) is 43.9 Å². The van der Waals surface area contributed by atoms with Gasteiger partial charge in [0.05, 0.1) is 12.6 Å². The second-order valence-corrected chi connectivity index (χ2v) is 6.44. The first-order valence-electron chi connectivity index (χ1n) is 8.13. The molecule has 5 nitrogen and oxygen atoms in total. The van der Waals surface area contributed by atoms with Crippen LogP contribution in [0.2, 0.25) is 0 Å². The van der Waals surface area contributed by atoms with Crippen LogP contribution in [0.4, 0.5) is 0 Å². The summed E-state index contributed by atoms with van der Waals surface area (Å²) in [6, 6.07) is 8.37. The molecule has 1 N–H and O–H groups in total. The lowest BCUT2D eigenvalue weighted by Gasteiger charge is -2.39. The minimum atomic E-state index is 0.120. The van der Waals surface area contributed by atoms with Crippen molar-refractivity contribution in [3.8, 4) is 5.75 Å². The van der Waals surface area contributed by atoms with E-state index in [4.69, 9.17) is 9.47 Å². The van der Waals surface area contributed by atoms with Gasteiger partial charge in [-0.1, -0.05) is 18.2 Å². The standard InChI is InChI=1S/C17H22N2O3/c20-17(18-14-9-16-13(14)5-7-21-16)11-19-6-8-22-15-4-2-1-3-12(15)10-19/h1-4,13-14,16H,5-11H2,(H,18,20)/t13-,14+,16+/m0/s1. The number of carbonyl (C=O) groups is 1. The van der Waals surface area contributed by atoms with Crippen LogP contribution in [0.25, 0.3) is 0 Å². The molecule has 0 radical (unpaired) electrons. The number of fused-ring (bicyclic) bond motifs is 2. The van der Waals surface area contributed by atoms with Crippen LogP contribution < -0.4 is 10.1 Å². The minimum absolute atomic E-state index is 0.120. The number of hydrogen-bond acceptors (Lipinski definition) is 4. The fourth-order valence-corrected chi connectivity index (χ4v) is 3.73. The highest BCUT2D eigenvalue weighted by Gasteiger charge is 2.45. The van der Waals surface area contributed by atoms with Crippen LogP contribution in [-0.2, 0) is 16.1 Å². The van der Waals surface area contributed by atoms with Gasteiger partial charge in [0.25, 0.3) is 0 Å². The number of hydrogen-bond donors (Lipinski definition) is 1. The van der Waals surface area contributed by atoms with E-state index in [9.17, 15) is 4.79 Å². The summed E-state index contributed by atoms with van der Waals surface area (Å²) in [5, 5.41) is 3.18. The van der Waals surface area contributed by atoms with Crippen LogP contribution in [0.5, 0.6) is 5.75 Å². The molecule has 2 aliphatic heterocycles. The molecule has 1 aromatic carbocycles. The van der Waals surface area contributed by atoms with E-state index in [1.54, 1.807) is 0 Å². The third kappa shape index (κ3) is 2.71. The van der Waals surface area contributed by atoms with Crippen molar-refractivity contribution in [2.75, 3.05) is 26.3 Å². The molecule has 3 atom stereocenters. The first-order chi connectivity index (χ1) is 10.8. The molecular formula is C17H22N2O3. The molecule has 1 aliphatic carbocycles. The first-order valence-corrected chi connectivity index (χ1v) is 8.13. The molecule has 1 amide bonds. The van der Waals surface area contributed by atoms with Crippen LogP contribution in [0.3, 0.4) is 0 Å². The van der Waals surface area contributed by atoms with Crippen molar-refractivity contribution < 1.29 is 14.3 Å². The number of para-hydroxylation sites is 1. The Labute approximate surface area is 130 Å². The van der Waals surface area contributed by atoms with E-state index in [1.165, 1.54) is 0 Å². The van der Waals surface area contributed by atoms with Crippen LogP contribution in [0.15, 0.2) is 24.3 Å². The topological polar surface area (TPSA) is 50.8 Å². The number of benzene rings is 1. The zero-order valence-corrected chi connectivity index (χ0v) is 12.7. The Morgan fingerprint density at radius 3 is 3.14 bits per heavy atom. The number of rotatable bonds is 3. The molecule has 1 aromatic rings. The number of nitrogens with zero attached hydrogens (tertiary/aromatic N) is 1. The fourth-order valence-electron chi connectivity index (χ4n) is 3.73. The molecule has 118 valence electrons. The van der Waals surface area contributed by atoms with Gasteiger partial charge in [-0.25, -0.2) is 0 Å². The van der Waals surface area contributed by atoms with Gasteiger partial charge in [0, 0.05) is 37.2 Å². The normalized spacial score (nSPS) is 30.5. The first kappa shape index (κ1) is 14.0. The summed E-state index contributed by atoms with van der Waals surface area (Å²) in [4.78, 5) is 14.4. The Balaban J connectivity index is 1.32. The summed E-state index contributed by atoms with van der Waals surface area (Å²) in [6.07, 6.45) is 2.45. The lowest BCUT2D eigenvalue weighted by Crippen LogP contribution is -2.55. The lowest BCUT2D eigenvalue weighted by atomic mass is 9.76. The highest BCUT2D eigenvalue weighted by Crippen LogP contribution is 2.38. The molecule has 4 rings (SSSR count). The molecule has 2 heterocycles. The van der Waals surface area contributed by atoms with E-state index < -0.39 is 0 Å². The summed E-state index contributed by atoms with van der Waals surface area (Å²) in [6.45, 7) is 3.46. The van der Waals surface area contributed by atoms with Gasteiger partial charge < -0.3 is 14.8 Å². The third-order valence-corrected chi connectivity index (χ3v) is 5.01. The van der Waals surface area contributed by atoms with E-state index in [-0.39, 0.29) is 5.91 Å². The van der Waals surface area contributed by atoms with Crippen molar-refractivity contribution in [1.29, 1.82) is 0 Å². The SMILES string of the molecule is O=C(CN1CCOc2ccccc2C1)N[C@@H]1C[C@H]2OCC[C@@H]12. The molecule has 0 aromatic heterocycles. The Hall–Kier alpha value is -1.59. The van der Waals surface area contributed by atoms with Gasteiger partial charge in [-0.3, -0.25) is 9.69 Å². The van der Waals surface area contributed by atoms with Crippen molar-refractivity contribution >= 4 is 5.91 Å². The highest BCUT2D eigenvalue weighted by molar-refractivity contribution is 5.78. The monoisotopic (exact) mass is 302 g/mol.